The van der Waals surface area contributed by atoms with E-state index in [0.29, 0.717) is 34.9 Å². The van der Waals surface area contributed by atoms with Gasteiger partial charge in [-0.15, -0.1) is 0 Å². The molecule has 0 aliphatic heterocycles. The van der Waals surface area contributed by atoms with Gasteiger partial charge >= 0.3 is 11.9 Å². The zero-order valence-corrected chi connectivity index (χ0v) is 24.1. The van der Waals surface area contributed by atoms with E-state index in [0.717, 1.165) is 6.42 Å². The highest BCUT2D eigenvalue weighted by molar-refractivity contribution is 6.04. The normalized spacial score (nSPS) is 10.4. The third-order valence-electron chi connectivity index (χ3n) is 6.25. The minimum atomic E-state index is -0.680. The SMILES string of the molecule is CCCOc1cc(OC)c(C(=O)Oc2ccc(C(=O)Oc3ccc(NC(=O)c4ccc(O)c(C)c4)cc3)cc2)cc1OC. The Bertz CT molecular complexity index is 1610. The zero-order chi connectivity index (χ0) is 30.9. The molecule has 0 fully saturated rings. The minimum Gasteiger partial charge on any atom is -0.508 e. The number of esters is 2. The monoisotopic (exact) mass is 585 g/mol. The topological polar surface area (TPSA) is 130 Å². The summed E-state index contributed by atoms with van der Waals surface area (Å²) in [7, 11) is 2.91. The van der Waals surface area contributed by atoms with Gasteiger partial charge in [-0.3, -0.25) is 4.79 Å². The molecule has 1 amide bonds. The van der Waals surface area contributed by atoms with Gasteiger partial charge < -0.3 is 34.1 Å². The smallest absolute Gasteiger partial charge is 0.347 e. The molecule has 0 unspecified atom stereocenters. The Hall–Kier alpha value is -5.51. The fourth-order valence-electron chi connectivity index (χ4n) is 3.95. The summed E-state index contributed by atoms with van der Waals surface area (Å²) in [4.78, 5) is 38.1. The van der Waals surface area contributed by atoms with Gasteiger partial charge in [-0.05, 0) is 85.6 Å². The van der Waals surface area contributed by atoms with Crippen molar-refractivity contribution in [2.45, 2.75) is 20.3 Å². The van der Waals surface area contributed by atoms with Crippen molar-refractivity contribution in [3.63, 3.8) is 0 Å². The van der Waals surface area contributed by atoms with Crippen LogP contribution in [0.5, 0.6) is 34.5 Å². The predicted molar refractivity (Wildman–Crippen MR) is 159 cm³/mol. The Balaban J connectivity index is 1.36. The number of methoxy groups -OCH3 is 2. The Morgan fingerprint density at radius 1 is 0.721 bits per heavy atom. The molecule has 4 aromatic carbocycles. The summed E-state index contributed by atoms with van der Waals surface area (Å²) in [6, 6.07) is 19.8. The van der Waals surface area contributed by atoms with E-state index >= 15 is 0 Å². The summed E-state index contributed by atoms with van der Waals surface area (Å²) < 4.78 is 27.3. The number of phenols is 1. The minimum absolute atomic E-state index is 0.110. The van der Waals surface area contributed by atoms with Crippen molar-refractivity contribution >= 4 is 23.5 Å². The summed E-state index contributed by atoms with van der Waals surface area (Å²) in [5, 5.41) is 12.4. The van der Waals surface area contributed by atoms with Crippen LogP contribution in [0.15, 0.2) is 78.9 Å². The van der Waals surface area contributed by atoms with Crippen LogP contribution in [0.25, 0.3) is 0 Å². The number of rotatable bonds is 11. The largest absolute Gasteiger partial charge is 0.508 e. The average Bonchev–Trinajstić information content (AvgIpc) is 3.02. The standard InChI is InChI=1S/C33H31NO9/c1-5-16-41-30-19-28(39-3)26(18-29(30)40-4)33(38)43-24-11-6-21(7-12-24)32(37)42-25-13-9-23(10-14-25)34-31(36)22-8-15-27(35)20(2)17-22/h6-15,17-19,35H,5,16H2,1-4H3,(H,34,36). The highest BCUT2D eigenvalue weighted by Gasteiger charge is 2.20. The van der Waals surface area contributed by atoms with Crippen molar-refractivity contribution in [3.8, 4) is 34.5 Å². The summed E-state index contributed by atoms with van der Waals surface area (Å²) in [6.45, 7) is 4.15. The first-order valence-corrected chi connectivity index (χ1v) is 13.4. The van der Waals surface area contributed by atoms with Crippen molar-refractivity contribution in [3.05, 3.63) is 101 Å². The molecule has 10 nitrogen and oxygen atoms in total. The Morgan fingerprint density at radius 3 is 1.93 bits per heavy atom. The molecule has 2 N–H and O–H groups in total. The number of ether oxygens (including phenoxy) is 5. The van der Waals surface area contributed by atoms with Crippen LogP contribution in [0.4, 0.5) is 5.69 Å². The van der Waals surface area contributed by atoms with Gasteiger partial charge in [-0.2, -0.15) is 0 Å². The average molecular weight is 586 g/mol. The molecule has 4 rings (SSSR count). The van der Waals surface area contributed by atoms with Gasteiger partial charge in [0, 0.05) is 23.4 Å². The molecule has 0 aromatic heterocycles. The molecule has 0 bridgehead atoms. The molecule has 0 saturated carbocycles. The van der Waals surface area contributed by atoms with E-state index in [9.17, 15) is 19.5 Å². The third kappa shape index (κ3) is 7.62. The first-order chi connectivity index (χ1) is 20.7. The van der Waals surface area contributed by atoms with Crippen LogP contribution in [0.2, 0.25) is 0 Å². The number of anilines is 1. The maximum Gasteiger partial charge on any atom is 0.347 e. The molecular weight excluding hydrogens is 554 g/mol. The number of phenolic OH excluding ortho intramolecular Hbond substituents is 1. The van der Waals surface area contributed by atoms with E-state index in [1.807, 2.05) is 6.92 Å². The van der Waals surface area contributed by atoms with Gasteiger partial charge in [0.25, 0.3) is 5.91 Å². The molecule has 0 radical (unpaired) electrons. The summed E-state index contributed by atoms with van der Waals surface area (Å²) in [5.74, 6) is 0.0146. The molecule has 0 spiro atoms. The van der Waals surface area contributed by atoms with E-state index in [1.165, 1.54) is 56.7 Å². The lowest BCUT2D eigenvalue weighted by Gasteiger charge is -2.15. The second kappa shape index (κ2) is 13.9. The Kier molecular flexibility index (Phi) is 9.85. The molecule has 43 heavy (non-hydrogen) atoms. The molecule has 0 aliphatic carbocycles. The maximum absolute atomic E-state index is 12.9. The Labute approximate surface area is 248 Å². The van der Waals surface area contributed by atoms with Crippen LogP contribution < -0.4 is 29.0 Å². The van der Waals surface area contributed by atoms with Crippen LogP contribution in [-0.4, -0.2) is 43.8 Å². The molecule has 222 valence electrons. The van der Waals surface area contributed by atoms with Crippen molar-refractivity contribution in [2.75, 3.05) is 26.1 Å². The number of hydrogen-bond acceptors (Lipinski definition) is 9. The van der Waals surface area contributed by atoms with Crippen LogP contribution in [0.3, 0.4) is 0 Å². The van der Waals surface area contributed by atoms with Crippen molar-refractivity contribution in [1.29, 1.82) is 0 Å². The fourth-order valence-corrected chi connectivity index (χ4v) is 3.95. The first kappa shape index (κ1) is 30.4. The molecule has 10 heteroatoms. The molecule has 0 aliphatic rings. The molecule has 4 aromatic rings. The predicted octanol–water partition coefficient (Wildman–Crippen LogP) is 6.20. The lowest BCUT2D eigenvalue weighted by Crippen LogP contribution is -2.12. The Morgan fingerprint density at radius 2 is 1.33 bits per heavy atom. The molecule has 0 heterocycles. The fraction of sp³-hybridized carbons (Fsp3) is 0.182. The molecule has 0 saturated heterocycles. The number of aryl methyl sites for hydroxylation is 1. The quantitative estimate of drug-likeness (QED) is 0.156. The van der Waals surface area contributed by atoms with Gasteiger partial charge in [-0.25, -0.2) is 9.59 Å². The van der Waals surface area contributed by atoms with Gasteiger partial charge in [-0.1, -0.05) is 6.92 Å². The second-order valence-electron chi connectivity index (χ2n) is 9.33. The van der Waals surface area contributed by atoms with E-state index in [1.54, 1.807) is 43.3 Å². The lowest BCUT2D eigenvalue weighted by atomic mass is 10.1. The number of carbonyl (C=O) groups excluding carboxylic acids is 3. The van der Waals surface area contributed by atoms with Gasteiger partial charge in [0.05, 0.1) is 26.4 Å². The number of amides is 1. The van der Waals surface area contributed by atoms with Gasteiger partial charge in [0.1, 0.15) is 28.6 Å². The van der Waals surface area contributed by atoms with Crippen molar-refractivity contribution in [1.82, 2.24) is 0 Å². The number of hydrogen-bond donors (Lipinski definition) is 2. The number of carbonyl (C=O) groups is 3. The summed E-state index contributed by atoms with van der Waals surface area (Å²) >= 11 is 0. The number of aromatic hydroxyl groups is 1. The first-order valence-electron chi connectivity index (χ1n) is 13.4. The van der Waals surface area contributed by atoms with Crippen LogP contribution in [-0.2, 0) is 0 Å². The molecule has 0 atom stereocenters. The zero-order valence-electron chi connectivity index (χ0n) is 24.1. The van der Waals surface area contributed by atoms with Crippen molar-refractivity contribution < 1.29 is 43.2 Å². The van der Waals surface area contributed by atoms with Crippen molar-refractivity contribution in [2.24, 2.45) is 0 Å². The highest BCUT2D eigenvalue weighted by atomic mass is 16.5. The number of nitrogens with one attached hydrogen (secondary N) is 1. The number of benzene rings is 4. The van der Waals surface area contributed by atoms with Crippen LogP contribution >= 0.6 is 0 Å². The van der Waals surface area contributed by atoms with E-state index in [2.05, 4.69) is 5.32 Å². The summed E-state index contributed by atoms with van der Waals surface area (Å²) in [5.41, 5.74) is 1.86. The van der Waals surface area contributed by atoms with Crippen LogP contribution in [0, 0.1) is 6.92 Å². The third-order valence-corrected chi connectivity index (χ3v) is 6.25. The maximum atomic E-state index is 12.9. The summed E-state index contributed by atoms with van der Waals surface area (Å²) in [6.07, 6.45) is 0.799. The van der Waals surface area contributed by atoms with E-state index in [4.69, 9.17) is 23.7 Å². The highest BCUT2D eigenvalue weighted by Crippen LogP contribution is 2.35. The van der Waals surface area contributed by atoms with Crippen LogP contribution in [0.1, 0.15) is 50.0 Å². The van der Waals surface area contributed by atoms with E-state index in [-0.39, 0.29) is 40.0 Å². The van der Waals surface area contributed by atoms with E-state index < -0.39 is 11.9 Å². The lowest BCUT2D eigenvalue weighted by molar-refractivity contribution is 0.0727. The van der Waals surface area contributed by atoms with Gasteiger partial charge in [0.15, 0.2) is 11.5 Å². The van der Waals surface area contributed by atoms with Gasteiger partial charge in [0.2, 0.25) is 0 Å². The molecular formula is C33H31NO9. The second-order valence-corrected chi connectivity index (χ2v) is 9.33.